The van der Waals surface area contributed by atoms with Gasteiger partial charge in [-0.2, -0.15) is 5.10 Å². The van der Waals surface area contributed by atoms with Crippen LogP contribution in [0.15, 0.2) is 72.9 Å². The third kappa shape index (κ3) is 4.60. The van der Waals surface area contributed by atoms with Gasteiger partial charge in [0, 0.05) is 38.9 Å². The van der Waals surface area contributed by atoms with Crippen molar-refractivity contribution in [3.8, 4) is 5.69 Å². The standard InChI is InChI=1S/C23H23FN4O/c24-20-10-4-5-11-22(20)28-14-12-21(25-28)23(29)27-17-15-26(16-18-27)13-6-9-19-7-2-1-3-8-19/h1-12,14H,13,15-18H2/b9-6+. The first-order chi connectivity index (χ1) is 14.2. The van der Waals surface area contributed by atoms with E-state index in [2.05, 4.69) is 34.3 Å². The van der Waals surface area contributed by atoms with E-state index < -0.39 is 0 Å². The van der Waals surface area contributed by atoms with Crippen LogP contribution >= 0.6 is 0 Å². The molecule has 1 amide bonds. The summed E-state index contributed by atoms with van der Waals surface area (Å²) in [6, 6.07) is 18.2. The van der Waals surface area contributed by atoms with E-state index >= 15 is 0 Å². The second kappa shape index (κ2) is 8.84. The molecule has 0 N–H and O–H groups in total. The van der Waals surface area contributed by atoms with Crippen LogP contribution in [0, 0.1) is 5.82 Å². The van der Waals surface area contributed by atoms with Gasteiger partial charge in [0.15, 0.2) is 5.69 Å². The maximum Gasteiger partial charge on any atom is 0.274 e. The lowest BCUT2D eigenvalue weighted by molar-refractivity contribution is 0.0644. The van der Waals surface area contributed by atoms with E-state index in [4.69, 9.17) is 0 Å². The van der Waals surface area contributed by atoms with Crippen LogP contribution in [0.5, 0.6) is 0 Å². The van der Waals surface area contributed by atoms with Crippen LogP contribution in [-0.2, 0) is 0 Å². The number of aromatic nitrogens is 2. The molecule has 1 aromatic heterocycles. The first kappa shape index (κ1) is 19.1. The first-order valence-corrected chi connectivity index (χ1v) is 9.74. The molecule has 4 rings (SSSR count). The molecule has 0 unspecified atom stereocenters. The third-order valence-corrected chi connectivity index (χ3v) is 5.04. The lowest BCUT2D eigenvalue weighted by Gasteiger charge is -2.33. The molecule has 5 nitrogen and oxygen atoms in total. The predicted octanol–water partition coefficient (Wildman–Crippen LogP) is 3.48. The Labute approximate surface area is 169 Å². The first-order valence-electron chi connectivity index (χ1n) is 9.74. The number of carbonyl (C=O) groups excluding carboxylic acids is 1. The number of carbonyl (C=O) groups is 1. The monoisotopic (exact) mass is 390 g/mol. The molecule has 29 heavy (non-hydrogen) atoms. The van der Waals surface area contributed by atoms with Gasteiger partial charge in [0.2, 0.25) is 0 Å². The molecule has 0 radical (unpaired) electrons. The Hall–Kier alpha value is -3.25. The molecule has 0 aliphatic carbocycles. The number of halogens is 1. The van der Waals surface area contributed by atoms with Crippen molar-refractivity contribution in [1.82, 2.24) is 19.6 Å². The van der Waals surface area contributed by atoms with Crippen LogP contribution in [0.25, 0.3) is 11.8 Å². The van der Waals surface area contributed by atoms with Gasteiger partial charge in [0.1, 0.15) is 11.5 Å². The number of amides is 1. The maximum absolute atomic E-state index is 13.9. The van der Waals surface area contributed by atoms with E-state index in [1.54, 1.807) is 30.5 Å². The van der Waals surface area contributed by atoms with Gasteiger partial charge in [-0.15, -0.1) is 0 Å². The fraction of sp³-hybridized carbons (Fsp3) is 0.217. The van der Waals surface area contributed by atoms with E-state index in [0.29, 0.717) is 24.5 Å². The number of para-hydroxylation sites is 1. The van der Waals surface area contributed by atoms with Crippen molar-refractivity contribution in [1.29, 1.82) is 0 Å². The third-order valence-electron chi connectivity index (χ3n) is 5.04. The number of hydrogen-bond donors (Lipinski definition) is 0. The minimum atomic E-state index is -0.369. The molecule has 1 aliphatic rings. The quantitative estimate of drug-likeness (QED) is 0.670. The van der Waals surface area contributed by atoms with Crippen LogP contribution < -0.4 is 0 Å². The topological polar surface area (TPSA) is 41.4 Å². The van der Waals surface area contributed by atoms with Gasteiger partial charge in [-0.3, -0.25) is 9.69 Å². The summed E-state index contributed by atoms with van der Waals surface area (Å²) in [5.74, 6) is -0.480. The summed E-state index contributed by atoms with van der Waals surface area (Å²) in [5, 5.41) is 4.28. The molecule has 0 bridgehead atoms. The van der Waals surface area contributed by atoms with Crippen LogP contribution in [0.2, 0.25) is 0 Å². The van der Waals surface area contributed by atoms with Crippen molar-refractivity contribution in [3.05, 3.63) is 90.0 Å². The smallest absolute Gasteiger partial charge is 0.274 e. The Kier molecular flexibility index (Phi) is 5.81. The molecule has 1 aliphatic heterocycles. The number of piperazine rings is 1. The number of hydrogen-bond acceptors (Lipinski definition) is 3. The highest BCUT2D eigenvalue weighted by molar-refractivity contribution is 5.92. The Morgan fingerprint density at radius 3 is 2.45 bits per heavy atom. The van der Waals surface area contributed by atoms with E-state index in [0.717, 1.165) is 19.6 Å². The molecular weight excluding hydrogens is 367 g/mol. The van der Waals surface area contributed by atoms with E-state index in [-0.39, 0.29) is 11.7 Å². The zero-order valence-corrected chi connectivity index (χ0v) is 16.1. The molecule has 0 saturated carbocycles. The lowest BCUT2D eigenvalue weighted by atomic mass is 10.2. The fourth-order valence-electron chi connectivity index (χ4n) is 3.41. The predicted molar refractivity (Wildman–Crippen MR) is 111 cm³/mol. The van der Waals surface area contributed by atoms with Gasteiger partial charge in [0.05, 0.1) is 0 Å². The van der Waals surface area contributed by atoms with Gasteiger partial charge in [-0.25, -0.2) is 9.07 Å². The van der Waals surface area contributed by atoms with E-state index in [1.807, 2.05) is 23.1 Å². The Morgan fingerprint density at radius 2 is 1.69 bits per heavy atom. The molecule has 6 heteroatoms. The summed E-state index contributed by atoms with van der Waals surface area (Å²) < 4.78 is 15.3. The highest BCUT2D eigenvalue weighted by Gasteiger charge is 2.23. The zero-order valence-electron chi connectivity index (χ0n) is 16.1. The Morgan fingerprint density at radius 1 is 0.966 bits per heavy atom. The highest BCUT2D eigenvalue weighted by Crippen LogP contribution is 2.14. The summed E-state index contributed by atoms with van der Waals surface area (Å²) in [7, 11) is 0. The van der Waals surface area contributed by atoms with Gasteiger partial charge in [-0.05, 0) is 23.8 Å². The van der Waals surface area contributed by atoms with E-state index in [1.165, 1.54) is 16.3 Å². The Balaban J connectivity index is 1.31. The minimum absolute atomic E-state index is 0.112. The molecule has 1 fully saturated rings. The van der Waals surface area contributed by atoms with Gasteiger partial charge < -0.3 is 4.90 Å². The van der Waals surface area contributed by atoms with Crippen molar-refractivity contribution in [2.24, 2.45) is 0 Å². The zero-order chi connectivity index (χ0) is 20.1. The molecule has 3 aromatic rings. The highest BCUT2D eigenvalue weighted by atomic mass is 19.1. The number of benzene rings is 2. The van der Waals surface area contributed by atoms with Crippen molar-refractivity contribution in [2.75, 3.05) is 32.7 Å². The van der Waals surface area contributed by atoms with Gasteiger partial charge in [-0.1, -0.05) is 54.6 Å². The molecule has 148 valence electrons. The van der Waals surface area contributed by atoms with Crippen molar-refractivity contribution in [2.45, 2.75) is 0 Å². The summed E-state index contributed by atoms with van der Waals surface area (Å²) >= 11 is 0. The van der Waals surface area contributed by atoms with E-state index in [9.17, 15) is 9.18 Å². The van der Waals surface area contributed by atoms with Crippen LogP contribution in [0.4, 0.5) is 4.39 Å². The van der Waals surface area contributed by atoms with Gasteiger partial charge >= 0.3 is 0 Å². The second-order valence-electron chi connectivity index (χ2n) is 7.00. The van der Waals surface area contributed by atoms with Crippen molar-refractivity contribution >= 4 is 12.0 Å². The van der Waals surface area contributed by atoms with Crippen molar-refractivity contribution in [3.63, 3.8) is 0 Å². The van der Waals surface area contributed by atoms with Crippen LogP contribution in [0.3, 0.4) is 0 Å². The second-order valence-corrected chi connectivity index (χ2v) is 7.00. The largest absolute Gasteiger partial charge is 0.335 e. The molecule has 0 atom stereocenters. The minimum Gasteiger partial charge on any atom is -0.335 e. The van der Waals surface area contributed by atoms with Gasteiger partial charge in [0.25, 0.3) is 5.91 Å². The molecule has 0 spiro atoms. The normalized spacial score (nSPS) is 15.1. The van der Waals surface area contributed by atoms with Crippen LogP contribution in [0.1, 0.15) is 16.1 Å². The molecule has 1 saturated heterocycles. The molecule has 2 heterocycles. The molecule has 2 aromatic carbocycles. The number of nitrogens with zero attached hydrogens (tertiary/aromatic N) is 4. The average molecular weight is 390 g/mol. The fourth-order valence-corrected chi connectivity index (χ4v) is 3.41. The summed E-state index contributed by atoms with van der Waals surface area (Å²) in [6.45, 7) is 3.81. The van der Waals surface area contributed by atoms with Crippen LogP contribution in [-0.4, -0.2) is 58.2 Å². The Bertz CT molecular complexity index is 991. The summed E-state index contributed by atoms with van der Waals surface area (Å²) in [4.78, 5) is 16.9. The SMILES string of the molecule is O=C(c1ccn(-c2ccccc2F)n1)N1CCN(C/C=C/c2ccccc2)CC1. The number of rotatable bonds is 5. The maximum atomic E-state index is 13.9. The summed E-state index contributed by atoms with van der Waals surface area (Å²) in [6.07, 6.45) is 5.89. The summed E-state index contributed by atoms with van der Waals surface area (Å²) in [5.41, 5.74) is 1.86. The average Bonchev–Trinajstić information content (AvgIpc) is 3.25. The van der Waals surface area contributed by atoms with Crippen molar-refractivity contribution < 1.29 is 9.18 Å². The molecular formula is C23H23FN4O. The lowest BCUT2D eigenvalue weighted by Crippen LogP contribution is -2.48.